The highest BCUT2D eigenvalue weighted by Crippen LogP contribution is 2.24. The molecule has 3 heterocycles. The molecule has 8 nitrogen and oxygen atoms in total. The molecular formula is C22H31N3O5S. The Bertz CT molecular complexity index is 899. The summed E-state index contributed by atoms with van der Waals surface area (Å²) in [6, 6.07) is 6.16. The van der Waals surface area contributed by atoms with Gasteiger partial charge in [0.05, 0.1) is 11.0 Å². The van der Waals surface area contributed by atoms with E-state index in [4.69, 9.17) is 4.74 Å². The number of piperidine rings is 1. The predicted molar refractivity (Wildman–Crippen MR) is 115 cm³/mol. The lowest BCUT2D eigenvalue weighted by atomic mass is 9.95. The Morgan fingerprint density at radius 3 is 2.42 bits per heavy atom. The van der Waals surface area contributed by atoms with Gasteiger partial charge in [-0.05, 0) is 56.7 Å². The zero-order chi connectivity index (χ0) is 21.8. The summed E-state index contributed by atoms with van der Waals surface area (Å²) in [6.07, 6.45) is 5.15. The van der Waals surface area contributed by atoms with Crippen molar-refractivity contribution in [1.29, 1.82) is 0 Å². The Morgan fingerprint density at radius 2 is 1.74 bits per heavy atom. The highest BCUT2D eigenvalue weighted by molar-refractivity contribution is 7.89. The van der Waals surface area contributed by atoms with Gasteiger partial charge < -0.3 is 14.5 Å². The molecule has 1 unspecified atom stereocenters. The molecule has 3 saturated heterocycles. The average Bonchev–Trinajstić information content (AvgIpc) is 3.51. The van der Waals surface area contributed by atoms with E-state index in [1.807, 2.05) is 4.90 Å². The first-order valence-electron chi connectivity index (χ1n) is 11.2. The summed E-state index contributed by atoms with van der Waals surface area (Å²) in [4.78, 5) is 29.3. The third-order valence-corrected chi connectivity index (χ3v) is 7.89. The van der Waals surface area contributed by atoms with Crippen LogP contribution in [0.15, 0.2) is 29.2 Å². The smallest absolute Gasteiger partial charge is 0.253 e. The monoisotopic (exact) mass is 449 g/mol. The molecule has 2 amide bonds. The molecule has 0 spiro atoms. The minimum Gasteiger partial charge on any atom is -0.377 e. The number of carbonyl (C=O) groups excluding carboxylic acids is 2. The van der Waals surface area contributed by atoms with Crippen LogP contribution in [0, 0.1) is 5.92 Å². The highest BCUT2D eigenvalue weighted by atomic mass is 32.2. The lowest BCUT2D eigenvalue weighted by molar-refractivity contribution is -0.135. The van der Waals surface area contributed by atoms with Gasteiger partial charge in [-0.1, -0.05) is 6.07 Å². The Morgan fingerprint density at radius 1 is 1.00 bits per heavy atom. The third kappa shape index (κ3) is 5.27. The first-order chi connectivity index (χ1) is 14.9. The second-order valence-electron chi connectivity index (χ2n) is 8.61. The molecule has 31 heavy (non-hydrogen) atoms. The Balaban J connectivity index is 1.35. The van der Waals surface area contributed by atoms with E-state index in [-0.39, 0.29) is 35.3 Å². The zero-order valence-electron chi connectivity index (χ0n) is 17.8. The number of ether oxygens (including phenoxy) is 1. The van der Waals surface area contributed by atoms with Crippen molar-refractivity contribution in [3.63, 3.8) is 0 Å². The number of carbonyl (C=O) groups is 2. The van der Waals surface area contributed by atoms with Gasteiger partial charge in [-0.25, -0.2) is 13.1 Å². The van der Waals surface area contributed by atoms with Crippen LogP contribution in [-0.4, -0.2) is 75.5 Å². The standard InChI is InChI=1S/C22H31N3O5S/c26-21(24-10-1-2-11-24)17-8-12-25(13-9-17)22(27)18-5-3-7-20(15-18)31(28,29)23-16-19-6-4-14-30-19/h3,5,7,15,17,19,23H,1-2,4,6,8-14,16H2. The SMILES string of the molecule is O=C(c1cccc(S(=O)(=O)NCC2CCCO2)c1)N1CCC(C(=O)N2CCCC2)CC1. The Hall–Kier alpha value is -1.97. The molecule has 1 N–H and O–H groups in total. The van der Waals surface area contributed by atoms with Gasteiger partial charge in [0, 0.05) is 50.8 Å². The fourth-order valence-corrected chi connectivity index (χ4v) is 5.71. The number of amides is 2. The van der Waals surface area contributed by atoms with Crippen molar-refractivity contribution in [2.75, 3.05) is 39.3 Å². The minimum atomic E-state index is -3.71. The first-order valence-corrected chi connectivity index (χ1v) is 12.7. The number of sulfonamides is 1. The molecule has 0 saturated carbocycles. The maximum absolute atomic E-state index is 13.0. The van der Waals surface area contributed by atoms with Crippen LogP contribution < -0.4 is 4.72 Å². The van der Waals surface area contributed by atoms with E-state index >= 15 is 0 Å². The molecular weight excluding hydrogens is 418 g/mol. The van der Waals surface area contributed by atoms with Gasteiger partial charge in [0.1, 0.15) is 0 Å². The van der Waals surface area contributed by atoms with Crippen LogP contribution in [0.5, 0.6) is 0 Å². The van der Waals surface area contributed by atoms with Crippen LogP contribution in [0.2, 0.25) is 0 Å². The van der Waals surface area contributed by atoms with E-state index in [2.05, 4.69) is 4.72 Å². The van der Waals surface area contributed by atoms with E-state index in [1.54, 1.807) is 17.0 Å². The van der Waals surface area contributed by atoms with Crippen LogP contribution in [0.3, 0.4) is 0 Å². The topological polar surface area (TPSA) is 96.0 Å². The fraction of sp³-hybridized carbons (Fsp3) is 0.636. The van der Waals surface area contributed by atoms with Crippen molar-refractivity contribution in [3.8, 4) is 0 Å². The Kier molecular flexibility index (Phi) is 6.93. The van der Waals surface area contributed by atoms with E-state index < -0.39 is 10.0 Å². The van der Waals surface area contributed by atoms with Crippen molar-refractivity contribution in [3.05, 3.63) is 29.8 Å². The van der Waals surface area contributed by atoms with Crippen LogP contribution in [-0.2, 0) is 19.6 Å². The van der Waals surface area contributed by atoms with E-state index in [0.717, 1.165) is 38.8 Å². The molecule has 0 bridgehead atoms. The molecule has 3 aliphatic heterocycles. The summed E-state index contributed by atoms with van der Waals surface area (Å²) >= 11 is 0. The van der Waals surface area contributed by atoms with Gasteiger partial charge in [0.2, 0.25) is 15.9 Å². The lowest BCUT2D eigenvalue weighted by Gasteiger charge is -2.33. The molecule has 1 aromatic carbocycles. The van der Waals surface area contributed by atoms with E-state index in [9.17, 15) is 18.0 Å². The maximum Gasteiger partial charge on any atom is 0.253 e. The fourth-order valence-electron chi connectivity index (χ4n) is 4.60. The number of rotatable bonds is 6. The first kappa shape index (κ1) is 22.2. The molecule has 170 valence electrons. The highest BCUT2D eigenvalue weighted by Gasteiger charge is 2.31. The van der Waals surface area contributed by atoms with E-state index in [0.29, 0.717) is 38.1 Å². The van der Waals surface area contributed by atoms with Gasteiger partial charge in [0.25, 0.3) is 5.91 Å². The van der Waals surface area contributed by atoms with Crippen LogP contribution in [0.4, 0.5) is 0 Å². The summed E-state index contributed by atoms with van der Waals surface area (Å²) in [7, 11) is -3.71. The number of likely N-dealkylation sites (tertiary alicyclic amines) is 2. The molecule has 3 aliphatic rings. The molecule has 1 aromatic rings. The predicted octanol–water partition coefficient (Wildman–Crippen LogP) is 1.62. The molecule has 0 aromatic heterocycles. The summed E-state index contributed by atoms with van der Waals surface area (Å²) in [5, 5.41) is 0. The van der Waals surface area contributed by atoms with Crippen LogP contribution in [0.1, 0.15) is 48.9 Å². The molecule has 9 heteroatoms. The van der Waals surface area contributed by atoms with Crippen molar-refractivity contribution in [1.82, 2.24) is 14.5 Å². The van der Waals surface area contributed by atoms with Crippen molar-refractivity contribution in [2.45, 2.75) is 49.5 Å². The quantitative estimate of drug-likeness (QED) is 0.712. The summed E-state index contributed by atoms with van der Waals surface area (Å²) in [5.41, 5.74) is 0.351. The van der Waals surface area contributed by atoms with Crippen LogP contribution >= 0.6 is 0 Å². The number of hydrogen-bond acceptors (Lipinski definition) is 5. The largest absolute Gasteiger partial charge is 0.377 e. The van der Waals surface area contributed by atoms with Gasteiger partial charge in [-0.3, -0.25) is 9.59 Å². The molecule has 0 aliphatic carbocycles. The molecule has 1 atom stereocenters. The van der Waals surface area contributed by atoms with Gasteiger partial charge >= 0.3 is 0 Å². The van der Waals surface area contributed by atoms with E-state index in [1.165, 1.54) is 12.1 Å². The number of hydrogen-bond donors (Lipinski definition) is 1. The third-order valence-electron chi connectivity index (χ3n) is 6.47. The van der Waals surface area contributed by atoms with Crippen molar-refractivity contribution < 1.29 is 22.7 Å². The second kappa shape index (κ2) is 9.67. The normalized spacial score (nSPS) is 22.8. The minimum absolute atomic E-state index is 0.0177. The lowest BCUT2D eigenvalue weighted by Crippen LogP contribution is -2.43. The number of benzene rings is 1. The summed E-state index contributed by atoms with van der Waals surface area (Å²) < 4.78 is 33.4. The average molecular weight is 450 g/mol. The van der Waals surface area contributed by atoms with Gasteiger partial charge in [-0.15, -0.1) is 0 Å². The summed E-state index contributed by atoms with van der Waals surface area (Å²) in [5.74, 6) is 0.00845. The van der Waals surface area contributed by atoms with Crippen molar-refractivity contribution in [2.24, 2.45) is 5.92 Å². The van der Waals surface area contributed by atoms with Gasteiger partial charge in [0.15, 0.2) is 0 Å². The van der Waals surface area contributed by atoms with Gasteiger partial charge in [-0.2, -0.15) is 0 Å². The Labute approximate surface area is 184 Å². The van der Waals surface area contributed by atoms with Crippen LogP contribution in [0.25, 0.3) is 0 Å². The number of nitrogens with one attached hydrogen (secondary N) is 1. The molecule has 4 rings (SSSR count). The van der Waals surface area contributed by atoms with Crippen molar-refractivity contribution >= 4 is 21.8 Å². The number of nitrogens with zero attached hydrogens (tertiary/aromatic N) is 2. The maximum atomic E-state index is 13.0. The molecule has 3 fully saturated rings. The summed E-state index contributed by atoms with van der Waals surface area (Å²) in [6.45, 7) is 3.62. The molecule has 0 radical (unpaired) electrons. The second-order valence-corrected chi connectivity index (χ2v) is 10.4. The zero-order valence-corrected chi connectivity index (χ0v) is 18.6.